The van der Waals surface area contributed by atoms with Gasteiger partial charge in [0.05, 0.1) is 0 Å². The fraction of sp³-hybridized carbons (Fsp3) is 1.00. The van der Waals surface area contributed by atoms with Crippen LogP contribution in [0.25, 0.3) is 0 Å². The van der Waals surface area contributed by atoms with E-state index >= 15 is 0 Å². The average molecular weight is 115 g/mol. The van der Waals surface area contributed by atoms with Crippen molar-refractivity contribution < 1.29 is 4.12 Å². The molecule has 0 spiro atoms. The first-order valence-corrected chi connectivity index (χ1v) is 4.05. The largest absolute Gasteiger partial charge is 0.455 e. The molecule has 0 amide bonds. The molecular formula is C2H5NOSi2. The maximum absolute atomic E-state index is 5.06. The van der Waals surface area contributed by atoms with E-state index in [4.69, 9.17) is 4.12 Å². The molecule has 0 saturated carbocycles. The van der Waals surface area contributed by atoms with Crippen LogP contribution in [-0.2, 0) is 4.12 Å². The molecule has 0 aliphatic carbocycles. The normalized spacial score (nSPS) is 24.0. The highest BCUT2D eigenvalue weighted by atomic mass is 28.3. The second kappa shape index (κ2) is 2.51. The lowest BCUT2D eigenvalue weighted by Gasteiger charge is -2.07. The summed E-state index contributed by atoms with van der Waals surface area (Å²) in [4.78, 5) is 0. The summed E-state index contributed by atoms with van der Waals surface area (Å²) in [6.07, 6.45) is 2.12. The highest BCUT2D eigenvalue weighted by molar-refractivity contribution is 6.44. The minimum Gasteiger partial charge on any atom is -0.455 e. The van der Waals surface area contributed by atoms with E-state index in [0.717, 1.165) is 12.3 Å². The van der Waals surface area contributed by atoms with Crippen molar-refractivity contribution in [1.82, 2.24) is 5.32 Å². The van der Waals surface area contributed by atoms with Crippen LogP contribution in [0.5, 0.6) is 0 Å². The van der Waals surface area contributed by atoms with Gasteiger partial charge in [0.1, 0.15) is 0 Å². The predicted octanol–water partition coefficient (Wildman–Crippen LogP) is -1.24. The van der Waals surface area contributed by atoms with Crippen molar-refractivity contribution in [2.24, 2.45) is 0 Å². The third kappa shape index (κ3) is 1.21. The van der Waals surface area contributed by atoms with Gasteiger partial charge in [-0.15, -0.1) is 0 Å². The van der Waals surface area contributed by atoms with Crippen molar-refractivity contribution in [2.45, 2.75) is 0 Å². The molecule has 0 bridgehead atoms. The molecule has 1 rings (SSSR count). The Hall–Kier alpha value is 0.354. The third-order valence-corrected chi connectivity index (χ3v) is 2.48. The van der Waals surface area contributed by atoms with Gasteiger partial charge in [0.15, 0.2) is 0 Å². The van der Waals surface area contributed by atoms with E-state index in [-0.39, 0.29) is 0 Å². The lowest BCUT2D eigenvalue weighted by molar-refractivity contribution is 0.592. The third-order valence-electron chi connectivity index (χ3n) is 0.539. The summed E-state index contributed by atoms with van der Waals surface area (Å²) < 4.78 is 5.06. The van der Waals surface area contributed by atoms with Crippen LogP contribution < -0.4 is 5.32 Å². The monoisotopic (exact) mass is 115 g/mol. The van der Waals surface area contributed by atoms with Crippen molar-refractivity contribution >= 4 is 19.5 Å². The minimum absolute atomic E-state index is 0.703. The van der Waals surface area contributed by atoms with E-state index < -0.39 is 0 Å². The maximum atomic E-state index is 5.06. The van der Waals surface area contributed by atoms with E-state index in [9.17, 15) is 0 Å². The molecule has 0 aromatic heterocycles. The van der Waals surface area contributed by atoms with E-state index in [2.05, 4.69) is 5.32 Å². The number of rotatable bonds is 0. The van der Waals surface area contributed by atoms with Gasteiger partial charge in [-0.05, 0) is 0 Å². The second-order valence-electron chi connectivity index (χ2n) is 0.994. The van der Waals surface area contributed by atoms with Gasteiger partial charge in [-0.3, -0.25) is 0 Å². The molecule has 1 fully saturated rings. The second-order valence-corrected chi connectivity index (χ2v) is 3.10. The van der Waals surface area contributed by atoms with E-state index in [0.29, 0.717) is 19.5 Å². The minimum atomic E-state index is 0.703. The molecule has 1 N–H and O–H groups in total. The van der Waals surface area contributed by atoms with Gasteiger partial charge < -0.3 is 9.43 Å². The Morgan fingerprint density at radius 3 is 2.17 bits per heavy atom. The molecule has 4 radical (unpaired) electrons. The van der Waals surface area contributed by atoms with E-state index in [1.165, 1.54) is 0 Å². The van der Waals surface area contributed by atoms with Crippen LogP contribution in [0.1, 0.15) is 0 Å². The first-order valence-electron chi connectivity index (χ1n) is 1.82. The summed E-state index contributed by atoms with van der Waals surface area (Å²) in [6, 6.07) is 0. The molecule has 32 valence electrons. The highest BCUT2D eigenvalue weighted by Crippen LogP contribution is 1.70. The van der Waals surface area contributed by atoms with E-state index in [1.54, 1.807) is 0 Å². The van der Waals surface area contributed by atoms with Crippen LogP contribution in [0.2, 0.25) is 0 Å². The quantitative estimate of drug-likeness (QED) is 0.399. The molecule has 1 aliphatic rings. The molecule has 2 nitrogen and oxygen atoms in total. The maximum Gasteiger partial charge on any atom is 0.230 e. The Morgan fingerprint density at radius 1 is 1.33 bits per heavy atom. The molecule has 1 heterocycles. The van der Waals surface area contributed by atoms with Gasteiger partial charge in [-0.25, -0.2) is 0 Å². The summed E-state index contributed by atoms with van der Waals surface area (Å²) in [5.74, 6) is 0. The first kappa shape index (κ1) is 4.51. The fourth-order valence-electron chi connectivity index (χ4n) is 0.288. The van der Waals surface area contributed by atoms with Crippen molar-refractivity contribution in [3.8, 4) is 0 Å². The molecule has 1 saturated heterocycles. The first-order chi connectivity index (χ1) is 3.00. The summed E-state index contributed by atoms with van der Waals surface area (Å²) in [5.41, 5.74) is 0. The van der Waals surface area contributed by atoms with Crippen molar-refractivity contribution in [1.29, 1.82) is 0 Å². The zero-order chi connectivity index (χ0) is 4.24. The molecule has 0 atom stereocenters. The topological polar surface area (TPSA) is 21.3 Å². The smallest absolute Gasteiger partial charge is 0.230 e. The van der Waals surface area contributed by atoms with Gasteiger partial charge in [-0.1, -0.05) is 0 Å². The molecule has 0 aromatic carbocycles. The summed E-state index contributed by atoms with van der Waals surface area (Å²) in [6.45, 7) is 0. The van der Waals surface area contributed by atoms with Crippen molar-refractivity contribution in [3.63, 3.8) is 0 Å². The van der Waals surface area contributed by atoms with Gasteiger partial charge in [0, 0.05) is 12.3 Å². The SMILES string of the molecule is C1NC[Si]O[Si]1. The number of nitrogens with one attached hydrogen (secondary N) is 1. The molecule has 0 unspecified atom stereocenters. The van der Waals surface area contributed by atoms with Crippen molar-refractivity contribution in [3.05, 3.63) is 0 Å². The molecule has 4 heteroatoms. The van der Waals surface area contributed by atoms with Crippen LogP contribution >= 0.6 is 0 Å². The summed E-state index contributed by atoms with van der Waals surface area (Å²) in [7, 11) is 1.41. The molecule has 0 aromatic rings. The Balaban J connectivity index is 2.00. The Morgan fingerprint density at radius 2 is 2.00 bits per heavy atom. The summed E-state index contributed by atoms with van der Waals surface area (Å²) in [5, 5.41) is 3.18. The van der Waals surface area contributed by atoms with Crippen molar-refractivity contribution in [2.75, 3.05) is 12.3 Å². The number of hydrogen-bond donors (Lipinski definition) is 1. The Kier molecular flexibility index (Phi) is 1.89. The van der Waals surface area contributed by atoms with Crippen LogP contribution in [-0.4, -0.2) is 31.9 Å². The predicted molar refractivity (Wildman–Crippen MR) is 25.5 cm³/mol. The average Bonchev–Trinajstić information content (AvgIpc) is 1.72. The van der Waals surface area contributed by atoms with Crippen LogP contribution in [0, 0.1) is 0 Å². The van der Waals surface area contributed by atoms with Crippen LogP contribution in [0.3, 0.4) is 0 Å². The van der Waals surface area contributed by atoms with Crippen LogP contribution in [0.15, 0.2) is 0 Å². The standard InChI is InChI=1S/C2H5NOSi2/c1-3-2-6-4-5-1/h3H,1-2H2. The molecule has 1 aliphatic heterocycles. The van der Waals surface area contributed by atoms with Gasteiger partial charge in [0.25, 0.3) is 0 Å². The molecular weight excluding hydrogens is 110 g/mol. The van der Waals surface area contributed by atoms with Gasteiger partial charge in [0.2, 0.25) is 19.5 Å². The lowest BCUT2D eigenvalue weighted by Crippen LogP contribution is -2.34. The van der Waals surface area contributed by atoms with Crippen LogP contribution in [0.4, 0.5) is 0 Å². The lowest BCUT2D eigenvalue weighted by atomic mass is 11.2. The molecule has 6 heavy (non-hydrogen) atoms. The van der Waals surface area contributed by atoms with E-state index in [1.807, 2.05) is 0 Å². The van der Waals surface area contributed by atoms with Gasteiger partial charge in [-0.2, -0.15) is 0 Å². The summed E-state index contributed by atoms with van der Waals surface area (Å²) >= 11 is 0. The Bertz CT molecular complexity index is 27.0. The van der Waals surface area contributed by atoms with Gasteiger partial charge >= 0.3 is 0 Å². The highest BCUT2D eigenvalue weighted by Gasteiger charge is 1.98. The number of hydrogen-bond acceptors (Lipinski definition) is 2. The Labute approximate surface area is 42.2 Å². The fourth-order valence-corrected chi connectivity index (χ4v) is 1.98. The zero-order valence-corrected chi connectivity index (χ0v) is 5.32. The zero-order valence-electron chi connectivity index (χ0n) is 3.32.